The molecule has 0 heterocycles. The predicted molar refractivity (Wildman–Crippen MR) is 99.0 cm³/mol. The monoisotopic (exact) mass is 396 g/mol. The summed E-state index contributed by atoms with van der Waals surface area (Å²) in [7, 11) is 0. The van der Waals surface area contributed by atoms with E-state index in [1.807, 2.05) is 13.0 Å². The number of aliphatic hydroxyl groups is 2. The molecule has 0 spiro atoms. The molecule has 148 valence electrons. The van der Waals surface area contributed by atoms with E-state index in [1.54, 1.807) is 19.1 Å². The second-order valence-corrected chi connectivity index (χ2v) is 9.82. The fourth-order valence-electron chi connectivity index (χ4n) is 6.81. The smallest absolute Gasteiger partial charge is 0.195 e. The van der Waals surface area contributed by atoms with Crippen molar-refractivity contribution in [2.24, 2.45) is 28.6 Å². The lowest BCUT2D eigenvalue weighted by molar-refractivity contribution is -0.176. The molecule has 4 nitrogen and oxygen atoms in total. The molecule has 0 aliphatic heterocycles. The minimum absolute atomic E-state index is 0.0660. The Morgan fingerprint density at radius 1 is 1.41 bits per heavy atom. The SMILES string of the molecule is C[C@]12C=CC(=O)C=C1CC(Cl)[C@@H]1[C@@H]2C(O)C[C@@]2(C)[C@H]1CC[C@]2(O)C(=O)CF. The molecule has 3 fully saturated rings. The van der Waals surface area contributed by atoms with Gasteiger partial charge in [0.05, 0.1) is 6.10 Å². The van der Waals surface area contributed by atoms with Crippen LogP contribution < -0.4 is 0 Å². The minimum Gasteiger partial charge on any atom is -0.393 e. The van der Waals surface area contributed by atoms with Crippen LogP contribution in [-0.4, -0.2) is 45.5 Å². The molecule has 0 bridgehead atoms. The zero-order valence-corrected chi connectivity index (χ0v) is 16.4. The van der Waals surface area contributed by atoms with Crippen LogP contribution in [0.3, 0.4) is 0 Å². The molecule has 3 saturated carbocycles. The lowest BCUT2D eigenvalue weighted by Gasteiger charge is -2.60. The van der Waals surface area contributed by atoms with Crippen LogP contribution in [0.1, 0.15) is 39.5 Å². The summed E-state index contributed by atoms with van der Waals surface area (Å²) in [6.07, 6.45) is 5.78. The number of rotatable bonds is 2. The first-order valence-corrected chi connectivity index (χ1v) is 10.1. The Morgan fingerprint density at radius 2 is 2.11 bits per heavy atom. The normalized spacial score (nSPS) is 51.3. The lowest BCUT2D eigenvalue weighted by atomic mass is 9.46. The highest BCUT2D eigenvalue weighted by atomic mass is 35.5. The summed E-state index contributed by atoms with van der Waals surface area (Å²) < 4.78 is 13.2. The highest BCUT2D eigenvalue weighted by Crippen LogP contribution is 2.67. The number of carbonyl (C=O) groups excluding carboxylic acids is 2. The van der Waals surface area contributed by atoms with Crippen molar-refractivity contribution in [1.29, 1.82) is 0 Å². The predicted octanol–water partition coefficient (Wildman–Crippen LogP) is 2.75. The number of hydrogen-bond acceptors (Lipinski definition) is 4. The van der Waals surface area contributed by atoms with Crippen LogP contribution in [0.25, 0.3) is 0 Å². The van der Waals surface area contributed by atoms with Crippen molar-refractivity contribution < 1.29 is 24.2 Å². The molecule has 2 unspecified atom stereocenters. The molecule has 27 heavy (non-hydrogen) atoms. The largest absolute Gasteiger partial charge is 0.393 e. The highest BCUT2D eigenvalue weighted by Gasteiger charge is 2.69. The Kier molecular flexibility index (Phi) is 4.27. The van der Waals surface area contributed by atoms with Crippen molar-refractivity contribution in [3.05, 3.63) is 23.8 Å². The number of halogens is 2. The van der Waals surface area contributed by atoms with Crippen LogP contribution in [0.5, 0.6) is 0 Å². The van der Waals surface area contributed by atoms with Gasteiger partial charge in [-0.1, -0.05) is 25.5 Å². The van der Waals surface area contributed by atoms with Gasteiger partial charge in [-0.05, 0) is 49.7 Å². The molecule has 4 aliphatic carbocycles. The number of hydrogen-bond donors (Lipinski definition) is 2. The van der Waals surface area contributed by atoms with Gasteiger partial charge in [-0.15, -0.1) is 11.6 Å². The Bertz CT molecular complexity index is 763. The molecule has 8 atom stereocenters. The minimum atomic E-state index is -1.76. The Labute approximate surface area is 163 Å². The van der Waals surface area contributed by atoms with Crippen LogP contribution in [0, 0.1) is 28.6 Å². The summed E-state index contributed by atoms with van der Waals surface area (Å²) >= 11 is 6.79. The van der Waals surface area contributed by atoms with Gasteiger partial charge in [-0.25, -0.2) is 4.39 Å². The fraction of sp³-hybridized carbons (Fsp3) is 0.714. The van der Waals surface area contributed by atoms with Gasteiger partial charge in [0.25, 0.3) is 0 Å². The Morgan fingerprint density at radius 3 is 2.78 bits per heavy atom. The fourth-order valence-corrected chi connectivity index (χ4v) is 7.31. The van der Waals surface area contributed by atoms with Gasteiger partial charge in [0.15, 0.2) is 18.2 Å². The third-order valence-corrected chi connectivity index (χ3v) is 8.66. The van der Waals surface area contributed by atoms with Gasteiger partial charge >= 0.3 is 0 Å². The third kappa shape index (κ3) is 2.34. The van der Waals surface area contributed by atoms with Crippen molar-refractivity contribution in [3.8, 4) is 0 Å². The lowest BCUT2D eigenvalue weighted by Crippen LogP contribution is -2.63. The van der Waals surface area contributed by atoms with E-state index in [0.29, 0.717) is 12.8 Å². The standard InChI is InChI=1S/C21H26ClFO4/c1-19-5-3-12(24)7-11(19)8-14(22)17-13-4-6-21(27,16(26)10-23)20(13,2)9-15(25)18(17)19/h3,5,7,13-15,17-18,25,27H,4,6,8-10H2,1-2H3/t13-,14?,15?,17+,18-,19-,20-,21-/m0/s1. The topological polar surface area (TPSA) is 74.6 Å². The number of fused-ring (bicyclic) bond motifs is 5. The van der Waals surface area contributed by atoms with Crippen molar-refractivity contribution in [1.82, 2.24) is 0 Å². The maximum Gasteiger partial charge on any atom is 0.195 e. The summed E-state index contributed by atoms with van der Waals surface area (Å²) in [4.78, 5) is 24.1. The third-order valence-electron chi connectivity index (χ3n) is 8.22. The molecular formula is C21H26ClFO4. The van der Waals surface area contributed by atoms with E-state index in [4.69, 9.17) is 11.6 Å². The highest BCUT2D eigenvalue weighted by molar-refractivity contribution is 6.21. The number of alkyl halides is 2. The van der Waals surface area contributed by atoms with Crippen LogP contribution in [0.15, 0.2) is 23.8 Å². The van der Waals surface area contributed by atoms with E-state index >= 15 is 0 Å². The van der Waals surface area contributed by atoms with Crippen molar-refractivity contribution in [3.63, 3.8) is 0 Å². The molecule has 2 N–H and O–H groups in total. The Hall–Kier alpha value is -1.04. The first-order valence-electron chi connectivity index (χ1n) is 9.66. The van der Waals surface area contributed by atoms with E-state index in [9.17, 15) is 24.2 Å². The van der Waals surface area contributed by atoms with Gasteiger partial charge in [0.1, 0.15) is 5.60 Å². The van der Waals surface area contributed by atoms with Crippen LogP contribution in [-0.2, 0) is 9.59 Å². The molecule has 4 aliphatic rings. The van der Waals surface area contributed by atoms with Crippen molar-refractivity contribution >= 4 is 23.2 Å². The molecule has 0 saturated heterocycles. The molecule has 0 radical (unpaired) electrons. The number of ketones is 2. The number of allylic oxidation sites excluding steroid dienone is 4. The van der Waals surface area contributed by atoms with Gasteiger partial charge in [0, 0.05) is 22.1 Å². The molecule has 0 amide bonds. The van der Waals surface area contributed by atoms with E-state index in [0.717, 1.165) is 5.57 Å². The molecule has 4 rings (SSSR count). The second-order valence-electron chi connectivity index (χ2n) is 9.26. The summed E-state index contributed by atoms with van der Waals surface area (Å²) in [6.45, 7) is 2.62. The second kappa shape index (κ2) is 5.98. The maximum atomic E-state index is 13.2. The summed E-state index contributed by atoms with van der Waals surface area (Å²) in [6, 6.07) is 0. The van der Waals surface area contributed by atoms with E-state index in [-0.39, 0.29) is 41.8 Å². The quantitative estimate of drug-likeness (QED) is 0.704. The summed E-state index contributed by atoms with van der Waals surface area (Å²) in [5.74, 6) is -1.27. The summed E-state index contributed by atoms with van der Waals surface area (Å²) in [5, 5.41) is 22.0. The van der Waals surface area contributed by atoms with Gasteiger partial charge < -0.3 is 10.2 Å². The van der Waals surface area contributed by atoms with Gasteiger partial charge in [-0.3, -0.25) is 9.59 Å². The van der Waals surface area contributed by atoms with Crippen LogP contribution >= 0.6 is 11.6 Å². The average molecular weight is 397 g/mol. The number of Topliss-reactive ketones (excluding diaryl/α,β-unsaturated/α-hetero) is 1. The van der Waals surface area contributed by atoms with Crippen molar-refractivity contribution in [2.75, 3.05) is 6.67 Å². The van der Waals surface area contributed by atoms with Crippen LogP contribution in [0.4, 0.5) is 4.39 Å². The van der Waals surface area contributed by atoms with E-state index in [1.165, 1.54) is 0 Å². The molecule has 6 heteroatoms. The van der Waals surface area contributed by atoms with Crippen molar-refractivity contribution in [2.45, 2.75) is 56.6 Å². The zero-order valence-electron chi connectivity index (χ0n) is 15.6. The molecular weight excluding hydrogens is 371 g/mol. The average Bonchev–Trinajstić information content (AvgIpc) is 2.87. The molecule has 0 aromatic heterocycles. The first-order chi connectivity index (χ1) is 12.6. The van der Waals surface area contributed by atoms with Gasteiger partial charge in [0.2, 0.25) is 0 Å². The first kappa shape index (κ1) is 19.3. The van der Waals surface area contributed by atoms with E-state index < -0.39 is 35.0 Å². The van der Waals surface area contributed by atoms with Crippen LogP contribution in [0.2, 0.25) is 0 Å². The maximum absolute atomic E-state index is 13.2. The molecule has 0 aromatic rings. The van der Waals surface area contributed by atoms with E-state index in [2.05, 4.69) is 0 Å². The number of aliphatic hydroxyl groups excluding tert-OH is 1. The summed E-state index contributed by atoms with van der Waals surface area (Å²) in [5.41, 5.74) is -2.21. The molecule has 0 aromatic carbocycles. The zero-order chi connectivity index (χ0) is 19.8. The number of carbonyl (C=O) groups is 2. The van der Waals surface area contributed by atoms with Gasteiger partial charge in [-0.2, -0.15) is 0 Å². The Balaban J connectivity index is 1.79.